The standard InChI is InChI=1S/C19H15N3O3S2/c1-25-15-8-11(6-12(9-20)18(21)24)7-13(17(15)23)10-26-19-22-14-4-2-3-5-16(14)27-19/h2-8,23H,10H2,1H3,(H2,21,24)/b12-6+. The molecule has 27 heavy (non-hydrogen) atoms. The molecule has 1 heterocycles. The number of carbonyl (C=O) groups is 1. The Kier molecular flexibility index (Phi) is 5.64. The third-order valence-electron chi connectivity index (χ3n) is 3.72. The number of phenols is 1. The van der Waals surface area contributed by atoms with E-state index >= 15 is 0 Å². The zero-order valence-electron chi connectivity index (χ0n) is 14.3. The molecule has 3 aromatic rings. The van der Waals surface area contributed by atoms with Gasteiger partial charge in [-0.2, -0.15) is 5.26 Å². The van der Waals surface area contributed by atoms with Crippen LogP contribution in [0.4, 0.5) is 0 Å². The summed E-state index contributed by atoms with van der Waals surface area (Å²) in [7, 11) is 1.44. The topological polar surface area (TPSA) is 109 Å². The van der Waals surface area contributed by atoms with E-state index in [1.807, 2.05) is 24.3 Å². The van der Waals surface area contributed by atoms with Crippen molar-refractivity contribution in [3.05, 3.63) is 53.1 Å². The van der Waals surface area contributed by atoms with E-state index in [1.54, 1.807) is 29.5 Å². The van der Waals surface area contributed by atoms with Crippen LogP contribution in [0.2, 0.25) is 0 Å². The van der Waals surface area contributed by atoms with E-state index < -0.39 is 5.91 Å². The molecule has 3 N–H and O–H groups in total. The Balaban J connectivity index is 1.90. The number of hydrogen-bond acceptors (Lipinski definition) is 7. The number of aromatic nitrogens is 1. The number of benzene rings is 2. The highest BCUT2D eigenvalue weighted by Crippen LogP contribution is 2.37. The third-order valence-corrected chi connectivity index (χ3v) is 5.95. The summed E-state index contributed by atoms with van der Waals surface area (Å²) in [6.07, 6.45) is 1.37. The Bertz CT molecular complexity index is 1050. The van der Waals surface area contributed by atoms with Crippen molar-refractivity contribution in [1.82, 2.24) is 4.98 Å². The Morgan fingerprint density at radius 3 is 2.89 bits per heavy atom. The van der Waals surface area contributed by atoms with E-state index in [-0.39, 0.29) is 17.1 Å². The minimum atomic E-state index is -0.810. The second-order valence-electron chi connectivity index (χ2n) is 5.50. The SMILES string of the molecule is COc1cc(/C=C(\C#N)C(N)=O)cc(CSc2nc3ccccc3s2)c1O. The number of aromatic hydroxyl groups is 1. The van der Waals surface area contributed by atoms with Gasteiger partial charge in [0.1, 0.15) is 11.6 Å². The Hall–Kier alpha value is -3.02. The number of hydrogen-bond donors (Lipinski definition) is 2. The van der Waals surface area contributed by atoms with E-state index in [4.69, 9.17) is 15.7 Å². The summed E-state index contributed by atoms with van der Waals surface area (Å²) in [6.45, 7) is 0. The quantitative estimate of drug-likeness (QED) is 0.373. The molecule has 0 bridgehead atoms. The fourth-order valence-corrected chi connectivity index (χ4v) is 4.46. The zero-order chi connectivity index (χ0) is 19.4. The predicted molar refractivity (Wildman–Crippen MR) is 107 cm³/mol. The van der Waals surface area contributed by atoms with Crippen molar-refractivity contribution in [1.29, 1.82) is 5.26 Å². The molecule has 0 fully saturated rings. The van der Waals surface area contributed by atoms with Crippen LogP contribution in [0.3, 0.4) is 0 Å². The summed E-state index contributed by atoms with van der Waals surface area (Å²) in [5, 5.41) is 19.4. The number of carbonyl (C=O) groups excluding carboxylic acids is 1. The summed E-state index contributed by atoms with van der Waals surface area (Å²) in [5.74, 6) is -0.0940. The summed E-state index contributed by atoms with van der Waals surface area (Å²) in [5.41, 5.74) is 7.09. The average molecular weight is 397 g/mol. The van der Waals surface area contributed by atoms with Crippen LogP contribution in [-0.2, 0) is 10.5 Å². The monoisotopic (exact) mass is 397 g/mol. The maximum atomic E-state index is 11.3. The van der Waals surface area contributed by atoms with Crippen LogP contribution in [0.1, 0.15) is 11.1 Å². The van der Waals surface area contributed by atoms with E-state index in [9.17, 15) is 9.90 Å². The fraction of sp³-hybridized carbons (Fsp3) is 0.105. The molecule has 0 unspecified atom stereocenters. The number of amides is 1. The molecule has 8 heteroatoms. The van der Waals surface area contributed by atoms with Gasteiger partial charge in [-0.3, -0.25) is 4.79 Å². The Morgan fingerprint density at radius 1 is 1.44 bits per heavy atom. The van der Waals surface area contributed by atoms with Gasteiger partial charge in [-0.1, -0.05) is 23.9 Å². The number of fused-ring (bicyclic) bond motifs is 1. The van der Waals surface area contributed by atoms with Gasteiger partial charge in [0.2, 0.25) is 0 Å². The van der Waals surface area contributed by atoms with Gasteiger partial charge in [0.25, 0.3) is 5.91 Å². The van der Waals surface area contributed by atoms with Gasteiger partial charge < -0.3 is 15.6 Å². The number of nitriles is 1. The van der Waals surface area contributed by atoms with Gasteiger partial charge >= 0.3 is 0 Å². The molecule has 0 spiro atoms. The largest absolute Gasteiger partial charge is 0.504 e. The highest BCUT2D eigenvalue weighted by Gasteiger charge is 2.13. The highest BCUT2D eigenvalue weighted by molar-refractivity contribution is 8.00. The molecule has 0 saturated heterocycles. The lowest BCUT2D eigenvalue weighted by molar-refractivity contribution is -0.114. The number of nitrogens with two attached hydrogens (primary N) is 1. The van der Waals surface area contributed by atoms with Crippen LogP contribution in [-0.4, -0.2) is 23.1 Å². The number of phenolic OH excluding ortho intramolecular Hbond substituents is 1. The highest BCUT2D eigenvalue weighted by atomic mass is 32.2. The molecule has 0 saturated carbocycles. The smallest absolute Gasteiger partial charge is 0.259 e. The molecule has 3 rings (SSSR count). The van der Waals surface area contributed by atoms with Crippen LogP contribution in [0, 0.1) is 11.3 Å². The molecule has 1 amide bonds. The first-order valence-electron chi connectivity index (χ1n) is 7.81. The minimum Gasteiger partial charge on any atom is -0.504 e. The number of para-hydroxylation sites is 1. The average Bonchev–Trinajstić information content (AvgIpc) is 3.08. The Morgan fingerprint density at radius 2 is 2.22 bits per heavy atom. The van der Waals surface area contributed by atoms with Crippen molar-refractivity contribution >= 4 is 45.3 Å². The zero-order valence-corrected chi connectivity index (χ0v) is 15.9. The lowest BCUT2D eigenvalue weighted by Gasteiger charge is -2.10. The summed E-state index contributed by atoms with van der Waals surface area (Å²) in [6, 6.07) is 12.9. The van der Waals surface area contributed by atoms with Gasteiger partial charge in [-0.05, 0) is 35.9 Å². The number of nitrogens with zero attached hydrogens (tertiary/aromatic N) is 2. The molecule has 1 aromatic heterocycles. The van der Waals surface area contributed by atoms with Crippen LogP contribution < -0.4 is 10.5 Å². The van der Waals surface area contributed by atoms with Crippen molar-refractivity contribution in [3.63, 3.8) is 0 Å². The van der Waals surface area contributed by atoms with Gasteiger partial charge in [0, 0.05) is 11.3 Å². The molecule has 0 radical (unpaired) electrons. The summed E-state index contributed by atoms with van der Waals surface area (Å²) < 4.78 is 7.18. The minimum absolute atomic E-state index is 0.0147. The summed E-state index contributed by atoms with van der Waals surface area (Å²) >= 11 is 3.06. The number of thioether (sulfide) groups is 1. The predicted octanol–water partition coefficient (Wildman–Crippen LogP) is 3.70. The number of ether oxygens (including phenoxy) is 1. The number of methoxy groups -OCH3 is 1. The second-order valence-corrected chi connectivity index (χ2v) is 7.75. The van der Waals surface area contributed by atoms with Gasteiger partial charge in [-0.25, -0.2) is 4.98 Å². The molecule has 136 valence electrons. The lowest BCUT2D eigenvalue weighted by Crippen LogP contribution is -2.12. The first kappa shape index (κ1) is 18.8. The van der Waals surface area contributed by atoms with E-state index in [2.05, 4.69) is 4.98 Å². The van der Waals surface area contributed by atoms with E-state index in [0.29, 0.717) is 16.9 Å². The molecular formula is C19H15N3O3S2. The van der Waals surface area contributed by atoms with Crippen LogP contribution in [0.15, 0.2) is 46.3 Å². The number of primary amides is 1. The summed E-state index contributed by atoms with van der Waals surface area (Å²) in [4.78, 5) is 15.8. The van der Waals surface area contributed by atoms with Crippen molar-refractivity contribution < 1.29 is 14.6 Å². The molecule has 2 aromatic carbocycles. The first-order chi connectivity index (χ1) is 13.0. The van der Waals surface area contributed by atoms with Crippen molar-refractivity contribution in [2.75, 3.05) is 7.11 Å². The normalized spacial score (nSPS) is 11.3. The second kappa shape index (κ2) is 8.12. The maximum absolute atomic E-state index is 11.3. The maximum Gasteiger partial charge on any atom is 0.259 e. The number of thiazole rings is 1. The molecule has 0 aliphatic rings. The van der Waals surface area contributed by atoms with Crippen molar-refractivity contribution in [2.24, 2.45) is 5.73 Å². The van der Waals surface area contributed by atoms with Crippen molar-refractivity contribution in [3.8, 4) is 17.6 Å². The molecule has 0 aliphatic carbocycles. The van der Waals surface area contributed by atoms with E-state index in [1.165, 1.54) is 24.9 Å². The lowest BCUT2D eigenvalue weighted by atomic mass is 10.1. The Labute approximate surface area is 163 Å². The number of rotatable bonds is 6. The van der Waals surface area contributed by atoms with Crippen LogP contribution >= 0.6 is 23.1 Å². The third kappa shape index (κ3) is 4.22. The van der Waals surface area contributed by atoms with E-state index in [0.717, 1.165) is 14.6 Å². The van der Waals surface area contributed by atoms with Crippen LogP contribution in [0.5, 0.6) is 11.5 Å². The molecule has 0 aliphatic heterocycles. The molecule has 6 nitrogen and oxygen atoms in total. The van der Waals surface area contributed by atoms with Crippen LogP contribution in [0.25, 0.3) is 16.3 Å². The molecular weight excluding hydrogens is 382 g/mol. The molecule has 0 atom stereocenters. The van der Waals surface area contributed by atoms with Gasteiger partial charge in [-0.15, -0.1) is 11.3 Å². The first-order valence-corrected chi connectivity index (χ1v) is 9.62. The van der Waals surface area contributed by atoms with Crippen molar-refractivity contribution in [2.45, 2.75) is 10.1 Å². The van der Waals surface area contributed by atoms with Gasteiger partial charge in [0.05, 0.1) is 17.3 Å². The fourth-order valence-electron chi connectivity index (χ4n) is 2.42. The van der Waals surface area contributed by atoms with Gasteiger partial charge in [0.15, 0.2) is 15.8 Å².